The Hall–Kier alpha value is -0.198. The molecule has 0 aromatic carbocycles. The van der Waals surface area contributed by atoms with Gasteiger partial charge in [0.15, 0.2) is 0 Å². The van der Waals surface area contributed by atoms with Gasteiger partial charge in [-0.05, 0) is 0 Å². The van der Waals surface area contributed by atoms with Gasteiger partial charge in [-0.1, -0.05) is 0 Å². The van der Waals surface area contributed by atoms with Crippen molar-refractivity contribution in [3.63, 3.8) is 0 Å². The number of sulfonamides is 4. The van der Waals surface area contributed by atoms with Gasteiger partial charge in [-0.2, -0.15) is 0 Å². The molecule has 0 aliphatic heterocycles. The Morgan fingerprint density at radius 1 is 0.387 bits per heavy atom. The van der Waals surface area contributed by atoms with Crippen LogP contribution in [0.4, 0.5) is 52.7 Å². The summed E-state index contributed by atoms with van der Waals surface area (Å²) in [5, 5.41) is 0. The number of halogens is 12. The van der Waals surface area contributed by atoms with E-state index in [9.17, 15) is 86.4 Å². The molecular weight excluding hydrogens is 767 g/mol. The second-order valence-electron chi connectivity index (χ2n) is 4.30. The molecule has 0 N–H and O–H groups in total. The van der Waals surface area contributed by atoms with E-state index in [1.54, 1.807) is 0 Å². The van der Waals surface area contributed by atoms with Gasteiger partial charge in [0, 0.05) is 0 Å². The van der Waals surface area contributed by atoms with Gasteiger partial charge in [-0.3, -0.25) is 0 Å². The molecule has 0 saturated heterocycles. The molecule has 0 spiro atoms. The van der Waals surface area contributed by atoms with E-state index in [1.165, 1.54) is 0 Å². The Labute approximate surface area is 176 Å². The van der Waals surface area contributed by atoms with Crippen LogP contribution in [0.25, 0.3) is 0 Å². The molecular formula is C4F12N2O8PbS4. The van der Waals surface area contributed by atoms with Crippen molar-refractivity contribution >= 4 is 64.9 Å². The fourth-order valence-electron chi connectivity index (χ4n) is 0.916. The van der Waals surface area contributed by atoms with Crippen LogP contribution in [0.15, 0.2) is 0 Å². The van der Waals surface area contributed by atoms with Gasteiger partial charge in [0.1, 0.15) is 0 Å². The zero-order valence-electron chi connectivity index (χ0n) is 12.8. The van der Waals surface area contributed by atoms with E-state index >= 15 is 0 Å². The molecule has 0 atom stereocenters. The Balaban J connectivity index is 7.46. The van der Waals surface area contributed by atoms with Crippen molar-refractivity contribution in [3.05, 3.63) is 0 Å². The number of alkyl halides is 12. The van der Waals surface area contributed by atoms with E-state index in [0.29, 0.717) is 0 Å². The third-order valence-corrected chi connectivity index (χ3v) is 24.0. The first-order valence-corrected chi connectivity index (χ1v) is 14.8. The summed E-state index contributed by atoms with van der Waals surface area (Å²) in [6.45, 7) is 0. The van der Waals surface area contributed by atoms with Gasteiger partial charge in [0.25, 0.3) is 0 Å². The number of rotatable bonds is 6. The Morgan fingerprint density at radius 2 is 0.516 bits per heavy atom. The van der Waals surface area contributed by atoms with E-state index < -0.39 is 90.0 Å². The van der Waals surface area contributed by atoms with Crippen LogP contribution in [0.2, 0.25) is 0 Å². The standard InChI is InChI=1S/2C2F6NO4S2.Pb/c2*3-1(4,5)14(10,11)9-15(12,13)2(6,7)8;/q2*-1;+2. The van der Waals surface area contributed by atoms with E-state index in [-0.39, 0.29) is 0 Å². The minimum atomic E-state index is -8.08. The summed E-state index contributed by atoms with van der Waals surface area (Å²) in [4.78, 5) is 0. The second-order valence-corrected chi connectivity index (χ2v) is 21.2. The molecule has 0 saturated carbocycles. The third-order valence-electron chi connectivity index (χ3n) is 2.21. The fourth-order valence-corrected chi connectivity index (χ4v) is 20.2. The van der Waals surface area contributed by atoms with E-state index in [2.05, 4.69) is 0 Å². The topological polar surface area (TPSA) is 143 Å². The van der Waals surface area contributed by atoms with Crippen molar-refractivity contribution in [1.82, 2.24) is 3.04 Å². The van der Waals surface area contributed by atoms with Crippen LogP contribution >= 0.6 is 0 Å². The molecule has 10 nitrogen and oxygen atoms in total. The molecule has 0 aromatic rings. The normalized spacial score (nSPS) is 16.2. The summed E-state index contributed by atoms with van der Waals surface area (Å²) >= 11 is -6.77. The molecule has 31 heavy (non-hydrogen) atoms. The molecule has 0 rings (SSSR count). The predicted molar refractivity (Wildman–Crippen MR) is 69.3 cm³/mol. The number of hydrogen-bond donors (Lipinski definition) is 0. The van der Waals surface area contributed by atoms with Crippen LogP contribution in [-0.2, 0) is 40.1 Å². The maximum absolute atomic E-state index is 12.5. The summed E-state index contributed by atoms with van der Waals surface area (Å²) in [6, 6.07) is 0. The summed E-state index contributed by atoms with van der Waals surface area (Å²) < 4.78 is 233. The van der Waals surface area contributed by atoms with Crippen LogP contribution in [0.3, 0.4) is 0 Å². The number of hydrogen-bond acceptors (Lipinski definition) is 8. The second kappa shape index (κ2) is 8.23. The van der Waals surface area contributed by atoms with Crippen LogP contribution < -0.4 is 0 Å². The first kappa shape index (κ1) is 30.8. The number of nitrogens with zero attached hydrogens (tertiary/aromatic N) is 2. The van der Waals surface area contributed by atoms with Gasteiger partial charge in [0.2, 0.25) is 0 Å². The van der Waals surface area contributed by atoms with Crippen LogP contribution in [0.5, 0.6) is 0 Å². The van der Waals surface area contributed by atoms with Crippen molar-refractivity contribution < 1.29 is 86.4 Å². The molecule has 0 unspecified atom stereocenters. The molecule has 0 aromatic heterocycles. The predicted octanol–water partition coefficient (Wildman–Crippen LogP) is 0.523. The summed E-state index contributed by atoms with van der Waals surface area (Å²) in [5.41, 5.74) is -28.7. The molecule has 2 radical (unpaired) electrons. The zero-order chi connectivity index (χ0) is 25.9. The van der Waals surface area contributed by atoms with Crippen molar-refractivity contribution in [3.8, 4) is 0 Å². The Bertz CT molecular complexity index is 933. The molecule has 0 aliphatic carbocycles. The van der Waals surface area contributed by atoms with Gasteiger partial charge in [0.05, 0.1) is 0 Å². The van der Waals surface area contributed by atoms with Crippen molar-refractivity contribution in [1.29, 1.82) is 0 Å². The monoisotopic (exact) mass is 768 g/mol. The third kappa shape index (κ3) is 5.66. The summed E-state index contributed by atoms with van der Waals surface area (Å²) in [6.07, 6.45) is 0. The molecule has 186 valence electrons. The quantitative estimate of drug-likeness (QED) is 0.282. The maximum atomic E-state index is 12.5. The zero-order valence-corrected chi connectivity index (χ0v) is 20.0. The van der Waals surface area contributed by atoms with Gasteiger partial charge in [-0.25, -0.2) is 0 Å². The average molecular weight is 767 g/mol. The van der Waals surface area contributed by atoms with Crippen LogP contribution in [-0.4, -0.2) is 83.6 Å². The Kier molecular flexibility index (Phi) is 8.18. The van der Waals surface area contributed by atoms with Crippen molar-refractivity contribution in [2.45, 2.75) is 22.0 Å². The molecule has 0 heterocycles. The molecule has 0 bridgehead atoms. The summed E-state index contributed by atoms with van der Waals surface area (Å²) in [7, 11) is -32.3. The summed E-state index contributed by atoms with van der Waals surface area (Å²) in [5.74, 6) is 0. The van der Waals surface area contributed by atoms with Crippen molar-refractivity contribution in [2.24, 2.45) is 0 Å². The SMILES string of the molecule is O=S(=O)([N]([Pb][N](S(=O)(=O)C(F)(F)F)S(=O)(=O)C(F)(F)F)S(=O)(=O)C(F)(F)F)C(F)(F)F. The minimum absolute atomic E-state index is 3.05. The van der Waals surface area contributed by atoms with Crippen molar-refractivity contribution in [2.75, 3.05) is 0 Å². The van der Waals surface area contributed by atoms with Crippen LogP contribution in [0, 0.1) is 0 Å². The molecule has 0 amide bonds. The molecule has 0 fully saturated rings. The van der Waals surface area contributed by atoms with Gasteiger partial charge < -0.3 is 0 Å². The first-order valence-electron chi connectivity index (χ1n) is 5.60. The van der Waals surface area contributed by atoms with Gasteiger partial charge in [-0.15, -0.1) is 0 Å². The Morgan fingerprint density at radius 3 is 0.613 bits per heavy atom. The fraction of sp³-hybridized carbons (Fsp3) is 1.00. The molecule has 0 aliphatic rings. The van der Waals surface area contributed by atoms with Crippen LogP contribution in [0.1, 0.15) is 0 Å². The average Bonchev–Trinajstić information content (AvgIpc) is 2.41. The molecule has 27 heteroatoms. The van der Waals surface area contributed by atoms with Gasteiger partial charge >= 0.3 is 176 Å². The van der Waals surface area contributed by atoms with E-state index in [4.69, 9.17) is 0 Å². The first-order chi connectivity index (χ1) is 13.0. The van der Waals surface area contributed by atoms with E-state index in [1.807, 2.05) is 0 Å². The van der Waals surface area contributed by atoms with E-state index in [0.717, 1.165) is 0 Å².